The Kier molecular flexibility index (Phi) is 3.17. The third kappa shape index (κ3) is 2.06. The fourth-order valence-electron chi connectivity index (χ4n) is 2.47. The Labute approximate surface area is 120 Å². The fourth-order valence-corrected chi connectivity index (χ4v) is 2.65. The molecule has 0 spiro atoms. The number of rotatable bonds is 2. The molecule has 2 amide bonds. The van der Waals surface area contributed by atoms with Crippen LogP contribution < -0.4 is 5.32 Å². The van der Waals surface area contributed by atoms with Crippen molar-refractivity contribution in [3.8, 4) is 0 Å². The van der Waals surface area contributed by atoms with Crippen LogP contribution in [-0.2, 0) is 15.5 Å². The second-order valence-corrected chi connectivity index (χ2v) is 5.06. The molecule has 7 heteroatoms. The van der Waals surface area contributed by atoms with Gasteiger partial charge in [-0.1, -0.05) is 0 Å². The van der Waals surface area contributed by atoms with E-state index in [0.717, 1.165) is 5.69 Å². The minimum Gasteiger partial charge on any atom is -0.299 e. The van der Waals surface area contributed by atoms with Crippen molar-refractivity contribution in [3.05, 3.63) is 23.7 Å². The highest BCUT2D eigenvalue weighted by atomic mass is 35.5. The number of nitrogens with one attached hydrogen (secondary N) is 1. The first-order chi connectivity index (χ1) is 9.60. The van der Waals surface area contributed by atoms with Gasteiger partial charge in [-0.25, -0.2) is 9.97 Å². The van der Waals surface area contributed by atoms with Gasteiger partial charge in [0.2, 0.25) is 11.8 Å². The van der Waals surface area contributed by atoms with Crippen molar-refractivity contribution in [2.75, 3.05) is 0 Å². The number of carbonyl (C=O) groups is 2. The Hall–Kier alpha value is -1.95. The number of aryl methyl sites for hydroxylation is 1. The van der Waals surface area contributed by atoms with Crippen LogP contribution in [0.15, 0.2) is 12.1 Å². The molecule has 0 bridgehead atoms. The van der Waals surface area contributed by atoms with E-state index in [1.165, 1.54) is 0 Å². The molecule has 0 radical (unpaired) electrons. The lowest BCUT2D eigenvalue weighted by Crippen LogP contribution is -2.42. The van der Waals surface area contributed by atoms with Gasteiger partial charge in [-0.15, -0.1) is 11.6 Å². The molecule has 1 fully saturated rings. The number of hydrogen-bond acceptors (Lipinski definition) is 4. The number of pyridine rings is 1. The van der Waals surface area contributed by atoms with Gasteiger partial charge in [-0.05, 0) is 25.5 Å². The number of halogens is 1. The zero-order valence-electron chi connectivity index (χ0n) is 10.9. The molecule has 0 aromatic carbocycles. The number of imide groups is 1. The average molecular weight is 293 g/mol. The van der Waals surface area contributed by atoms with Crippen LogP contribution in [0.2, 0.25) is 0 Å². The standard InChI is InChI=1S/C13H13ClN4O2/c1-7-2-3-8-12(15-7)18(10(6-14)16-8)9-4-5-11(19)17-13(9)20/h2-3,9H,4-6H2,1H3,(H,17,19,20). The second kappa shape index (κ2) is 4.86. The predicted molar refractivity (Wildman–Crippen MR) is 73.2 cm³/mol. The molecule has 20 heavy (non-hydrogen) atoms. The highest BCUT2D eigenvalue weighted by Crippen LogP contribution is 2.26. The van der Waals surface area contributed by atoms with E-state index in [2.05, 4.69) is 15.3 Å². The quantitative estimate of drug-likeness (QED) is 0.671. The molecule has 6 nitrogen and oxygen atoms in total. The van der Waals surface area contributed by atoms with E-state index >= 15 is 0 Å². The summed E-state index contributed by atoms with van der Waals surface area (Å²) in [6.45, 7) is 1.88. The molecule has 1 saturated heterocycles. The number of amides is 2. The third-order valence-corrected chi connectivity index (χ3v) is 3.63. The van der Waals surface area contributed by atoms with Crippen molar-refractivity contribution >= 4 is 34.6 Å². The summed E-state index contributed by atoms with van der Waals surface area (Å²) < 4.78 is 1.75. The summed E-state index contributed by atoms with van der Waals surface area (Å²) in [6, 6.07) is 3.24. The summed E-state index contributed by atoms with van der Waals surface area (Å²) in [5.74, 6) is 0.212. The van der Waals surface area contributed by atoms with Crippen LogP contribution in [0.4, 0.5) is 0 Å². The molecule has 1 N–H and O–H groups in total. The largest absolute Gasteiger partial charge is 0.299 e. The van der Waals surface area contributed by atoms with Crippen LogP contribution in [0, 0.1) is 6.92 Å². The molecule has 1 aliphatic rings. The van der Waals surface area contributed by atoms with Gasteiger partial charge in [0.05, 0.1) is 5.88 Å². The van der Waals surface area contributed by atoms with Gasteiger partial charge in [0, 0.05) is 12.1 Å². The van der Waals surface area contributed by atoms with E-state index in [1.54, 1.807) is 4.57 Å². The third-order valence-electron chi connectivity index (χ3n) is 3.39. The van der Waals surface area contributed by atoms with Crippen molar-refractivity contribution in [2.24, 2.45) is 0 Å². The number of hydrogen-bond donors (Lipinski definition) is 1. The van der Waals surface area contributed by atoms with E-state index in [0.29, 0.717) is 29.8 Å². The summed E-state index contributed by atoms with van der Waals surface area (Å²) in [4.78, 5) is 32.2. The molecule has 3 rings (SSSR count). The summed E-state index contributed by atoms with van der Waals surface area (Å²) >= 11 is 5.93. The maximum absolute atomic E-state index is 12.0. The van der Waals surface area contributed by atoms with Crippen LogP contribution in [0.3, 0.4) is 0 Å². The lowest BCUT2D eigenvalue weighted by molar-refractivity contribution is -0.135. The monoisotopic (exact) mass is 292 g/mol. The minimum absolute atomic E-state index is 0.188. The van der Waals surface area contributed by atoms with Crippen molar-refractivity contribution in [2.45, 2.75) is 31.7 Å². The number of piperidine rings is 1. The van der Waals surface area contributed by atoms with Gasteiger partial charge in [0.15, 0.2) is 5.65 Å². The van der Waals surface area contributed by atoms with E-state index in [-0.39, 0.29) is 17.7 Å². The summed E-state index contributed by atoms with van der Waals surface area (Å²) in [5.41, 5.74) is 2.18. The topological polar surface area (TPSA) is 76.9 Å². The van der Waals surface area contributed by atoms with Crippen molar-refractivity contribution in [1.82, 2.24) is 19.9 Å². The van der Waals surface area contributed by atoms with Crippen LogP contribution in [0.25, 0.3) is 11.2 Å². The van der Waals surface area contributed by atoms with E-state index in [9.17, 15) is 9.59 Å². The van der Waals surface area contributed by atoms with Crippen molar-refractivity contribution < 1.29 is 9.59 Å². The maximum atomic E-state index is 12.0. The van der Waals surface area contributed by atoms with E-state index in [4.69, 9.17) is 11.6 Å². The first kappa shape index (κ1) is 13.1. The number of imidazole rings is 1. The van der Waals surface area contributed by atoms with E-state index < -0.39 is 6.04 Å². The number of nitrogens with zero attached hydrogens (tertiary/aromatic N) is 3. The molecule has 1 unspecified atom stereocenters. The minimum atomic E-state index is -0.485. The van der Waals surface area contributed by atoms with Gasteiger partial charge < -0.3 is 0 Å². The number of alkyl halides is 1. The van der Waals surface area contributed by atoms with Crippen LogP contribution >= 0.6 is 11.6 Å². The normalized spacial score (nSPS) is 19.4. The first-order valence-corrected chi connectivity index (χ1v) is 6.87. The Morgan fingerprint density at radius 1 is 1.40 bits per heavy atom. The van der Waals surface area contributed by atoms with Crippen LogP contribution in [0.1, 0.15) is 30.4 Å². The average Bonchev–Trinajstić information content (AvgIpc) is 2.76. The molecular formula is C13H13ClN4O2. The summed E-state index contributed by atoms with van der Waals surface area (Å²) in [5, 5.41) is 2.35. The molecule has 3 heterocycles. The first-order valence-electron chi connectivity index (χ1n) is 6.34. The summed E-state index contributed by atoms with van der Waals surface area (Å²) in [7, 11) is 0. The lowest BCUT2D eigenvalue weighted by atomic mass is 10.1. The molecule has 104 valence electrons. The van der Waals surface area contributed by atoms with E-state index in [1.807, 2.05) is 19.1 Å². The lowest BCUT2D eigenvalue weighted by Gasteiger charge is -2.23. The Bertz CT molecular complexity index is 710. The summed E-state index contributed by atoms with van der Waals surface area (Å²) in [6.07, 6.45) is 0.749. The van der Waals surface area contributed by atoms with Crippen LogP contribution in [-0.4, -0.2) is 26.3 Å². The van der Waals surface area contributed by atoms with Crippen molar-refractivity contribution in [3.63, 3.8) is 0 Å². The van der Waals surface area contributed by atoms with Gasteiger partial charge in [0.1, 0.15) is 17.4 Å². The highest BCUT2D eigenvalue weighted by molar-refractivity contribution is 6.17. The SMILES string of the molecule is Cc1ccc2nc(CCl)n(C3CCC(=O)NC3=O)c2n1. The van der Waals surface area contributed by atoms with Crippen molar-refractivity contribution in [1.29, 1.82) is 0 Å². The van der Waals surface area contributed by atoms with Gasteiger partial charge in [-0.3, -0.25) is 19.5 Å². The smallest absolute Gasteiger partial charge is 0.249 e. The number of fused-ring (bicyclic) bond motifs is 1. The molecule has 0 saturated carbocycles. The van der Waals surface area contributed by atoms with Gasteiger partial charge in [-0.2, -0.15) is 0 Å². The van der Waals surface area contributed by atoms with Crippen LogP contribution in [0.5, 0.6) is 0 Å². The zero-order valence-corrected chi connectivity index (χ0v) is 11.6. The molecular weight excluding hydrogens is 280 g/mol. The highest BCUT2D eigenvalue weighted by Gasteiger charge is 2.31. The molecule has 2 aromatic heterocycles. The number of aromatic nitrogens is 3. The fraction of sp³-hybridized carbons (Fsp3) is 0.385. The predicted octanol–water partition coefficient (Wildman–Crippen LogP) is 1.46. The molecule has 0 aliphatic carbocycles. The second-order valence-electron chi connectivity index (χ2n) is 4.79. The molecule has 1 atom stereocenters. The number of carbonyl (C=O) groups excluding carboxylic acids is 2. The Morgan fingerprint density at radius 2 is 2.20 bits per heavy atom. The molecule has 2 aromatic rings. The van der Waals surface area contributed by atoms with Gasteiger partial charge >= 0.3 is 0 Å². The zero-order chi connectivity index (χ0) is 14.3. The maximum Gasteiger partial charge on any atom is 0.249 e. The van der Waals surface area contributed by atoms with Gasteiger partial charge in [0.25, 0.3) is 0 Å². The Balaban J connectivity index is 2.16. The Morgan fingerprint density at radius 3 is 2.90 bits per heavy atom. The molecule has 1 aliphatic heterocycles.